The van der Waals surface area contributed by atoms with Gasteiger partial charge in [0.2, 0.25) is 23.6 Å². The number of hydrogen-bond acceptors (Lipinski definition) is 11. The number of nitrogens with zero attached hydrogens (tertiary/aromatic N) is 9. The van der Waals surface area contributed by atoms with Gasteiger partial charge in [-0.15, -0.1) is 0 Å². The Balaban J connectivity index is 0.841. The van der Waals surface area contributed by atoms with E-state index in [-0.39, 0.29) is 42.9 Å². The maximum absolute atomic E-state index is 16.1. The van der Waals surface area contributed by atoms with Crippen molar-refractivity contribution in [3.8, 4) is 17.1 Å². The van der Waals surface area contributed by atoms with Gasteiger partial charge in [-0.3, -0.25) is 39.9 Å². The molecule has 1 aliphatic carbocycles. The second-order valence-corrected chi connectivity index (χ2v) is 18.1. The number of hydrogen-bond donors (Lipinski definition) is 2. The maximum Gasteiger partial charge on any atom is 0.258 e. The highest BCUT2D eigenvalue weighted by molar-refractivity contribution is 6.05. The monoisotopic (exact) mass is 861 g/mol. The fourth-order valence-electron chi connectivity index (χ4n) is 10.7. The van der Waals surface area contributed by atoms with Gasteiger partial charge in [0, 0.05) is 81.8 Å². The number of piperidine rings is 2. The Morgan fingerprint density at radius 2 is 1.63 bits per heavy atom. The zero-order valence-electron chi connectivity index (χ0n) is 36.2. The molecular formula is C46H53F2N11O4. The van der Waals surface area contributed by atoms with Crippen molar-refractivity contribution in [3.63, 3.8) is 0 Å². The molecular weight excluding hydrogens is 809 g/mol. The summed E-state index contributed by atoms with van der Waals surface area (Å²) in [5.41, 5.74) is 7.31. The molecule has 1 aromatic carbocycles. The van der Waals surface area contributed by atoms with Crippen molar-refractivity contribution in [2.75, 3.05) is 61.0 Å². The second kappa shape index (κ2) is 16.3. The Morgan fingerprint density at radius 1 is 0.825 bits per heavy atom. The molecule has 4 aromatic heterocycles. The Hall–Kier alpha value is -5.97. The number of benzene rings is 1. The number of piperazine rings is 1. The number of imidazole rings is 1. The van der Waals surface area contributed by atoms with Crippen LogP contribution in [-0.4, -0.2) is 110 Å². The van der Waals surface area contributed by atoms with Crippen LogP contribution in [0.5, 0.6) is 5.88 Å². The highest BCUT2D eigenvalue weighted by Crippen LogP contribution is 2.39. The first-order valence-electron chi connectivity index (χ1n) is 22.2. The topological polar surface area (TPSA) is 156 Å². The molecule has 3 saturated heterocycles. The minimum Gasteiger partial charge on any atom is -0.477 e. The molecule has 330 valence electrons. The lowest BCUT2D eigenvalue weighted by atomic mass is 9.93. The molecule has 63 heavy (non-hydrogen) atoms. The number of aromatic nitrogens is 6. The van der Waals surface area contributed by atoms with Crippen LogP contribution >= 0.6 is 0 Å². The molecule has 1 saturated carbocycles. The van der Waals surface area contributed by atoms with Crippen LogP contribution in [0.25, 0.3) is 22.3 Å². The summed E-state index contributed by atoms with van der Waals surface area (Å²) in [6, 6.07) is 11.0. The van der Waals surface area contributed by atoms with Crippen LogP contribution in [-0.2, 0) is 23.2 Å². The Morgan fingerprint density at radius 3 is 2.43 bits per heavy atom. The van der Waals surface area contributed by atoms with Gasteiger partial charge in [-0.05, 0) is 95.0 Å². The number of aryl methyl sites for hydroxylation is 4. The summed E-state index contributed by atoms with van der Waals surface area (Å²) in [6.07, 6.45) is 2.84. The van der Waals surface area contributed by atoms with Crippen molar-refractivity contribution in [1.82, 2.24) is 39.5 Å². The lowest BCUT2D eigenvalue weighted by Gasteiger charge is -2.45. The quantitative estimate of drug-likeness (QED) is 0.217. The van der Waals surface area contributed by atoms with E-state index < -0.39 is 23.8 Å². The SMILES string of the molecule is Cc1cc2cc(n1)-c1c(C)nn(C)c1OC[C@H]1CC[C@H](C1)Cn1c(nc3ccc(N4CCN([C@@H]5CCN(c6cc(F)c(C7CCC(=O)NC7=O)nc6C)C[C@@H]5F)CC4)cc31)NC2=O. The summed E-state index contributed by atoms with van der Waals surface area (Å²) in [5.74, 6) is -0.693. The number of pyridine rings is 2. The summed E-state index contributed by atoms with van der Waals surface area (Å²) < 4.78 is 42.0. The zero-order valence-corrected chi connectivity index (χ0v) is 36.2. The van der Waals surface area contributed by atoms with Crippen LogP contribution in [0.4, 0.5) is 26.1 Å². The van der Waals surface area contributed by atoms with Gasteiger partial charge >= 0.3 is 0 Å². The molecule has 3 amide bonds. The van der Waals surface area contributed by atoms with Gasteiger partial charge in [0.05, 0.1) is 64.1 Å². The number of ether oxygens (including phenoxy) is 1. The molecule has 4 fully saturated rings. The van der Waals surface area contributed by atoms with Crippen LogP contribution in [0.2, 0.25) is 0 Å². The third-order valence-corrected chi connectivity index (χ3v) is 13.9. The van der Waals surface area contributed by atoms with E-state index in [1.807, 2.05) is 31.9 Å². The molecule has 2 N–H and O–H groups in total. The summed E-state index contributed by atoms with van der Waals surface area (Å²) in [4.78, 5) is 58.8. The van der Waals surface area contributed by atoms with E-state index in [1.54, 1.807) is 23.7 Å². The predicted molar refractivity (Wildman–Crippen MR) is 233 cm³/mol. The van der Waals surface area contributed by atoms with E-state index in [0.717, 1.165) is 60.3 Å². The number of imide groups is 1. The first-order valence-corrected chi connectivity index (χ1v) is 22.2. The van der Waals surface area contributed by atoms with Gasteiger partial charge in [-0.25, -0.2) is 18.4 Å². The minimum absolute atomic E-state index is 0.0277. The van der Waals surface area contributed by atoms with E-state index in [2.05, 4.69) is 47.2 Å². The van der Waals surface area contributed by atoms with Crippen LogP contribution < -0.4 is 25.2 Å². The number of anilines is 3. The average Bonchev–Trinajstić information content (AvgIpc) is 3.94. The smallest absolute Gasteiger partial charge is 0.258 e. The summed E-state index contributed by atoms with van der Waals surface area (Å²) >= 11 is 0. The third-order valence-electron chi connectivity index (χ3n) is 13.9. The predicted octanol–water partition coefficient (Wildman–Crippen LogP) is 5.61. The highest BCUT2D eigenvalue weighted by Gasteiger charge is 2.38. The third kappa shape index (κ3) is 7.78. The average molecular weight is 862 g/mol. The number of amides is 3. The Bertz CT molecular complexity index is 2640. The van der Waals surface area contributed by atoms with E-state index in [9.17, 15) is 14.4 Å². The molecule has 17 heteroatoms. The number of alkyl halides is 1. The molecule has 5 atom stereocenters. The van der Waals surface area contributed by atoms with Crippen molar-refractivity contribution < 1.29 is 27.9 Å². The summed E-state index contributed by atoms with van der Waals surface area (Å²) in [5, 5.41) is 10.1. The number of nitrogens with one attached hydrogen (secondary N) is 2. The fourth-order valence-corrected chi connectivity index (χ4v) is 10.7. The molecule has 8 heterocycles. The number of fused-ring (bicyclic) bond motifs is 9. The molecule has 5 aliphatic rings. The van der Waals surface area contributed by atoms with E-state index in [1.165, 1.54) is 6.07 Å². The number of halogens is 2. The van der Waals surface area contributed by atoms with E-state index in [4.69, 9.17) is 14.7 Å². The van der Waals surface area contributed by atoms with E-state index in [0.29, 0.717) is 91.2 Å². The van der Waals surface area contributed by atoms with Crippen LogP contribution in [0.15, 0.2) is 36.4 Å². The van der Waals surface area contributed by atoms with Crippen molar-refractivity contribution in [1.29, 1.82) is 0 Å². The zero-order chi connectivity index (χ0) is 43.7. The minimum atomic E-state index is -1.15. The lowest BCUT2D eigenvalue weighted by molar-refractivity contribution is -0.134. The van der Waals surface area contributed by atoms with Crippen molar-refractivity contribution in [3.05, 3.63) is 70.6 Å². The van der Waals surface area contributed by atoms with Crippen molar-refractivity contribution in [2.24, 2.45) is 18.9 Å². The molecule has 4 bridgehead atoms. The molecule has 1 unspecified atom stereocenters. The molecule has 5 aromatic rings. The van der Waals surface area contributed by atoms with Gasteiger partial charge in [0.1, 0.15) is 12.0 Å². The molecule has 4 aliphatic heterocycles. The number of rotatable bonds is 4. The van der Waals surface area contributed by atoms with Crippen molar-refractivity contribution >= 4 is 46.1 Å². The first kappa shape index (κ1) is 41.1. The van der Waals surface area contributed by atoms with Crippen molar-refractivity contribution in [2.45, 2.75) is 84.0 Å². The summed E-state index contributed by atoms with van der Waals surface area (Å²) in [6.45, 7) is 10.3. The van der Waals surface area contributed by atoms with Crippen LogP contribution in [0, 0.1) is 38.4 Å². The number of carbonyl (C=O) groups excluding carboxylic acids is 3. The first-order chi connectivity index (χ1) is 30.4. The maximum atomic E-state index is 16.1. The fraction of sp³-hybridized carbons (Fsp3) is 0.500. The summed E-state index contributed by atoms with van der Waals surface area (Å²) in [7, 11) is 1.88. The van der Waals surface area contributed by atoms with Gasteiger partial charge in [0.15, 0.2) is 0 Å². The normalized spacial score (nSPS) is 24.6. The van der Waals surface area contributed by atoms with Gasteiger partial charge in [-0.1, -0.05) is 0 Å². The molecule has 10 rings (SSSR count). The highest BCUT2D eigenvalue weighted by atomic mass is 19.1. The van der Waals surface area contributed by atoms with Gasteiger partial charge in [-0.2, -0.15) is 5.10 Å². The van der Waals surface area contributed by atoms with Crippen LogP contribution in [0.3, 0.4) is 0 Å². The van der Waals surface area contributed by atoms with Crippen LogP contribution in [0.1, 0.15) is 77.6 Å². The lowest BCUT2D eigenvalue weighted by Crippen LogP contribution is -2.58. The largest absolute Gasteiger partial charge is 0.477 e. The van der Waals surface area contributed by atoms with E-state index >= 15 is 8.78 Å². The molecule has 15 nitrogen and oxygen atoms in total. The van der Waals surface area contributed by atoms with Gasteiger partial charge < -0.3 is 19.1 Å². The Labute approximate surface area is 364 Å². The van der Waals surface area contributed by atoms with Gasteiger partial charge in [0.25, 0.3) is 5.91 Å². The Kier molecular flexibility index (Phi) is 10.6. The number of carbonyl (C=O) groups is 3. The molecule has 0 radical (unpaired) electrons. The molecule has 0 spiro atoms. The standard InChI is InChI=1S/C46H53F2N11O4/c1-25-17-30-19-36(49-25)41-27(3)54-55(4)45(41)63-24-29-6-5-28(18-29)22-59-39-20-31(7-9-35(39)51-46(59)53-43(30)61)56-13-15-57(16-14-56)37-11-12-58(23-34(37)48)38-21-33(47)42(50-26(38)2)32-8-10-40(60)52-44(32)62/h7,9,17,19-21,28-29,32,34,37H,5-6,8,10-16,18,22-24H2,1-4H3,(H,51,53,61)(H,52,60,62)/t28-,29+,32?,34+,37-/m1/s1. The second-order valence-electron chi connectivity index (χ2n) is 18.1.